The zero-order chi connectivity index (χ0) is 15.7. The maximum atomic E-state index is 12.0. The zero-order valence-corrected chi connectivity index (χ0v) is 12.3. The lowest BCUT2D eigenvalue weighted by atomic mass is 10.2. The van der Waals surface area contributed by atoms with Gasteiger partial charge in [-0.1, -0.05) is 6.92 Å². The van der Waals surface area contributed by atoms with E-state index >= 15 is 0 Å². The molecule has 4 N–H and O–H groups in total. The number of nitrogens with two attached hydrogens (primary N) is 1. The van der Waals surface area contributed by atoms with Crippen molar-refractivity contribution in [2.24, 2.45) is 5.73 Å². The summed E-state index contributed by atoms with van der Waals surface area (Å²) in [6.45, 7) is 3.59. The number of likely N-dealkylation sites (N-methyl/N-ethyl adjacent to an activating group) is 1. The number of rotatable bonds is 9. The third-order valence-corrected chi connectivity index (χ3v) is 2.60. The summed E-state index contributed by atoms with van der Waals surface area (Å²) < 4.78 is 0. The summed E-state index contributed by atoms with van der Waals surface area (Å²) in [5.41, 5.74) is 4.97. The standard InChI is InChI=1S/C12H24N4O4/c1-4-5-16(7-6-15(2)3)12(20)14-9(11(18)19)8-10(13)17/h9H,4-8H2,1-3H3,(H2,13,17)(H,14,20)(H,18,19)/t9-/m0/s1. The molecule has 1 atom stereocenters. The van der Waals surface area contributed by atoms with Crippen LogP contribution in [0.15, 0.2) is 0 Å². The van der Waals surface area contributed by atoms with E-state index < -0.39 is 30.4 Å². The number of carboxylic acids is 1. The molecule has 0 aromatic carbocycles. The highest BCUT2D eigenvalue weighted by Gasteiger charge is 2.24. The highest BCUT2D eigenvalue weighted by Crippen LogP contribution is 1.98. The van der Waals surface area contributed by atoms with Gasteiger partial charge < -0.3 is 26.0 Å². The Hall–Kier alpha value is -1.83. The summed E-state index contributed by atoms with van der Waals surface area (Å²) in [7, 11) is 3.77. The third kappa shape index (κ3) is 7.57. The van der Waals surface area contributed by atoms with Crippen molar-refractivity contribution in [3.8, 4) is 0 Å². The molecule has 0 heterocycles. The predicted octanol–water partition coefficient (Wildman–Crippen LogP) is -0.702. The normalized spacial score (nSPS) is 12.0. The van der Waals surface area contributed by atoms with Crippen molar-refractivity contribution in [1.82, 2.24) is 15.1 Å². The van der Waals surface area contributed by atoms with Crippen LogP contribution in [0.1, 0.15) is 19.8 Å². The molecule has 0 aliphatic heterocycles. The number of amides is 3. The fourth-order valence-corrected chi connectivity index (χ4v) is 1.55. The Morgan fingerprint density at radius 2 is 1.80 bits per heavy atom. The van der Waals surface area contributed by atoms with Gasteiger partial charge in [-0.25, -0.2) is 9.59 Å². The van der Waals surface area contributed by atoms with Gasteiger partial charge in [0.2, 0.25) is 5.91 Å². The van der Waals surface area contributed by atoms with E-state index in [-0.39, 0.29) is 0 Å². The minimum absolute atomic E-state index is 0.422. The second-order valence-electron chi connectivity index (χ2n) is 4.80. The van der Waals surface area contributed by atoms with Crippen LogP contribution in [0.3, 0.4) is 0 Å². The van der Waals surface area contributed by atoms with Gasteiger partial charge in [-0.3, -0.25) is 4.79 Å². The average molecular weight is 288 g/mol. The largest absolute Gasteiger partial charge is 0.480 e. The van der Waals surface area contributed by atoms with E-state index in [1.807, 2.05) is 25.9 Å². The average Bonchev–Trinajstić information content (AvgIpc) is 2.32. The van der Waals surface area contributed by atoms with Crippen molar-refractivity contribution in [2.45, 2.75) is 25.8 Å². The Morgan fingerprint density at radius 3 is 2.20 bits per heavy atom. The Morgan fingerprint density at radius 1 is 1.20 bits per heavy atom. The number of carbonyl (C=O) groups is 3. The molecular weight excluding hydrogens is 264 g/mol. The lowest BCUT2D eigenvalue weighted by Crippen LogP contribution is -2.50. The maximum Gasteiger partial charge on any atom is 0.326 e. The van der Waals surface area contributed by atoms with Gasteiger partial charge >= 0.3 is 12.0 Å². The first kappa shape index (κ1) is 18.2. The third-order valence-electron chi connectivity index (χ3n) is 2.60. The summed E-state index contributed by atoms with van der Waals surface area (Å²) in [4.78, 5) is 37.2. The SMILES string of the molecule is CCCN(CCN(C)C)C(=O)N[C@@H](CC(N)=O)C(=O)O. The monoisotopic (exact) mass is 288 g/mol. The van der Waals surface area contributed by atoms with E-state index in [4.69, 9.17) is 10.8 Å². The molecule has 0 bridgehead atoms. The topological polar surface area (TPSA) is 116 Å². The smallest absolute Gasteiger partial charge is 0.326 e. The van der Waals surface area contributed by atoms with E-state index in [9.17, 15) is 14.4 Å². The van der Waals surface area contributed by atoms with E-state index in [0.29, 0.717) is 19.6 Å². The maximum absolute atomic E-state index is 12.0. The van der Waals surface area contributed by atoms with Crippen molar-refractivity contribution in [1.29, 1.82) is 0 Å². The number of aliphatic carboxylic acids is 1. The van der Waals surface area contributed by atoms with Gasteiger partial charge in [0.1, 0.15) is 6.04 Å². The fraction of sp³-hybridized carbons (Fsp3) is 0.750. The zero-order valence-electron chi connectivity index (χ0n) is 12.3. The van der Waals surface area contributed by atoms with Gasteiger partial charge in [0.05, 0.1) is 6.42 Å². The van der Waals surface area contributed by atoms with Crippen LogP contribution in [0, 0.1) is 0 Å². The van der Waals surface area contributed by atoms with E-state index in [0.717, 1.165) is 6.42 Å². The number of primary amides is 1. The molecule has 0 aliphatic rings. The molecule has 0 spiro atoms. The van der Waals surface area contributed by atoms with Crippen LogP contribution < -0.4 is 11.1 Å². The number of nitrogens with zero attached hydrogens (tertiary/aromatic N) is 2. The number of hydrogen-bond acceptors (Lipinski definition) is 4. The summed E-state index contributed by atoms with van der Waals surface area (Å²) in [6, 6.07) is -1.79. The first-order chi connectivity index (χ1) is 9.27. The number of carbonyl (C=O) groups excluding carboxylic acids is 2. The highest BCUT2D eigenvalue weighted by molar-refractivity contribution is 5.87. The van der Waals surface area contributed by atoms with E-state index in [2.05, 4.69) is 5.32 Å². The van der Waals surface area contributed by atoms with Crippen molar-refractivity contribution in [3.05, 3.63) is 0 Å². The molecule has 0 saturated heterocycles. The van der Waals surface area contributed by atoms with E-state index in [1.54, 1.807) is 0 Å². The molecular formula is C12H24N4O4. The molecule has 0 rings (SSSR count). The Kier molecular flexibility index (Phi) is 8.30. The molecule has 0 aliphatic carbocycles. The van der Waals surface area contributed by atoms with Gasteiger partial charge in [0.25, 0.3) is 0 Å². The fourth-order valence-electron chi connectivity index (χ4n) is 1.55. The molecule has 0 fully saturated rings. The van der Waals surface area contributed by atoms with Crippen LogP contribution in [-0.4, -0.2) is 72.6 Å². The lowest BCUT2D eigenvalue weighted by Gasteiger charge is -2.25. The molecule has 0 aromatic rings. The Labute approximate surface area is 118 Å². The highest BCUT2D eigenvalue weighted by atomic mass is 16.4. The number of nitrogens with one attached hydrogen (secondary N) is 1. The first-order valence-corrected chi connectivity index (χ1v) is 6.49. The number of carboxylic acid groups (broad SMARTS) is 1. The Bertz CT molecular complexity index is 346. The minimum Gasteiger partial charge on any atom is -0.480 e. The van der Waals surface area contributed by atoms with Crippen LogP contribution in [-0.2, 0) is 9.59 Å². The van der Waals surface area contributed by atoms with Crippen LogP contribution >= 0.6 is 0 Å². The van der Waals surface area contributed by atoms with E-state index in [1.165, 1.54) is 4.90 Å². The van der Waals surface area contributed by atoms with Crippen LogP contribution in [0.4, 0.5) is 4.79 Å². The van der Waals surface area contributed by atoms with Crippen LogP contribution in [0.2, 0.25) is 0 Å². The first-order valence-electron chi connectivity index (χ1n) is 6.49. The van der Waals surface area contributed by atoms with Crippen LogP contribution in [0.25, 0.3) is 0 Å². The quantitative estimate of drug-likeness (QED) is 0.519. The second-order valence-corrected chi connectivity index (χ2v) is 4.80. The van der Waals surface area contributed by atoms with Crippen molar-refractivity contribution in [3.63, 3.8) is 0 Å². The predicted molar refractivity (Wildman–Crippen MR) is 74.2 cm³/mol. The molecule has 0 saturated carbocycles. The lowest BCUT2D eigenvalue weighted by molar-refractivity contribution is -0.140. The second kappa shape index (κ2) is 9.13. The van der Waals surface area contributed by atoms with Crippen molar-refractivity contribution >= 4 is 17.9 Å². The molecule has 3 amide bonds. The van der Waals surface area contributed by atoms with Gasteiger partial charge in [-0.2, -0.15) is 0 Å². The molecule has 0 unspecified atom stereocenters. The molecule has 0 radical (unpaired) electrons. The molecule has 8 nitrogen and oxygen atoms in total. The molecule has 20 heavy (non-hydrogen) atoms. The van der Waals surface area contributed by atoms with Gasteiger partial charge in [0, 0.05) is 19.6 Å². The van der Waals surface area contributed by atoms with Crippen LogP contribution in [0.5, 0.6) is 0 Å². The molecule has 116 valence electrons. The molecule has 8 heteroatoms. The number of urea groups is 1. The minimum atomic E-state index is -1.29. The Balaban J connectivity index is 4.61. The van der Waals surface area contributed by atoms with Crippen molar-refractivity contribution in [2.75, 3.05) is 33.7 Å². The van der Waals surface area contributed by atoms with Gasteiger partial charge in [-0.15, -0.1) is 0 Å². The summed E-state index contributed by atoms with van der Waals surface area (Å²) in [5, 5.41) is 11.3. The van der Waals surface area contributed by atoms with Gasteiger partial charge in [0.15, 0.2) is 0 Å². The van der Waals surface area contributed by atoms with Gasteiger partial charge in [-0.05, 0) is 20.5 Å². The van der Waals surface area contributed by atoms with Crippen molar-refractivity contribution < 1.29 is 19.5 Å². The number of hydrogen-bond donors (Lipinski definition) is 3. The summed E-state index contributed by atoms with van der Waals surface area (Å²) >= 11 is 0. The summed E-state index contributed by atoms with van der Waals surface area (Å²) in [6.07, 6.45) is 0.336. The molecule has 0 aromatic heterocycles. The summed E-state index contributed by atoms with van der Waals surface area (Å²) in [5.74, 6) is -2.05.